The highest BCUT2D eigenvalue weighted by Crippen LogP contribution is 2.20. The highest BCUT2D eigenvalue weighted by Gasteiger charge is 2.08. The maximum atomic E-state index is 12.0. The van der Waals surface area contributed by atoms with E-state index in [0.29, 0.717) is 18.6 Å². The number of aliphatic hydroxyl groups excluding tert-OH is 1. The number of hydrogen-bond donors (Lipinski definition) is 1. The summed E-state index contributed by atoms with van der Waals surface area (Å²) in [6.45, 7) is 2.33. The molecule has 2 rings (SSSR count). The third-order valence-electron chi connectivity index (χ3n) is 3.64. The van der Waals surface area contributed by atoms with E-state index in [1.807, 2.05) is 49.4 Å². The van der Waals surface area contributed by atoms with Gasteiger partial charge in [0.15, 0.2) is 0 Å². The molecule has 0 fully saturated rings. The number of ether oxygens (including phenoxy) is 1. The Morgan fingerprint density at radius 3 is 2.48 bits per heavy atom. The Hall–Kier alpha value is -2.33. The lowest BCUT2D eigenvalue weighted by Gasteiger charge is -2.12. The first-order valence-electron chi connectivity index (χ1n) is 7.72. The summed E-state index contributed by atoms with van der Waals surface area (Å²) in [6.07, 6.45) is 0.255. The molecule has 0 aliphatic carbocycles. The summed E-state index contributed by atoms with van der Waals surface area (Å²) >= 11 is 0. The number of amides is 1. The summed E-state index contributed by atoms with van der Waals surface area (Å²) in [7, 11) is 3.47. The van der Waals surface area contributed by atoms with Crippen LogP contribution in [0.2, 0.25) is 0 Å². The number of rotatable bonds is 6. The molecule has 0 heterocycles. The van der Waals surface area contributed by atoms with Gasteiger partial charge >= 0.3 is 0 Å². The summed E-state index contributed by atoms with van der Waals surface area (Å²) in [6, 6.07) is 14.9. The minimum atomic E-state index is -0.433. The van der Waals surface area contributed by atoms with E-state index in [0.717, 1.165) is 16.9 Å². The van der Waals surface area contributed by atoms with Crippen molar-refractivity contribution >= 4 is 5.91 Å². The molecule has 0 bridgehead atoms. The van der Waals surface area contributed by atoms with Crippen molar-refractivity contribution in [3.63, 3.8) is 0 Å². The van der Waals surface area contributed by atoms with E-state index < -0.39 is 6.10 Å². The van der Waals surface area contributed by atoms with Gasteiger partial charge in [-0.25, -0.2) is 0 Å². The molecule has 2 aromatic rings. The summed E-state index contributed by atoms with van der Waals surface area (Å²) in [5.74, 6) is 0.714. The summed E-state index contributed by atoms with van der Waals surface area (Å²) in [5.41, 5.74) is 2.48. The van der Waals surface area contributed by atoms with Gasteiger partial charge in [0.1, 0.15) is 12.4 Å². The van der Waals surface area contributed by atoms with Crippen LogP contribution < -0.4 is 4.74 Å². The van der Waals surface area contributed by atoms with E-state index in [1.165, 1.54) is 0 Å². The standard InChI is InChI=1S/C19H23NO3/c1-4-18(21)15-8-10-17(11-9-15)23-13-14-6-5-7-16(12-14)19(22)20(2)3/h5-12,18,21H,4,13H2,1-3H3. The van der Waals surface area contributed by atoms with Crippen molar-refractivity contribution in [2.24, 2.45) is 0 Å². The molecule has 4 heteroatoms. The average Bonchev–Trinajstić information content (AvgIpc) is 2.59. The van der Waals surface area contributed by atoms with Crippen molar-refractivity contribution < 1.29 is 14.6 Å². The maximum absolute atomic E-state index is 12.0. The minimum absolute atomic E-state index is 0.0234. The van der Waals surface area contributed by atoms with Crippen LogP contribution in [0.25, 0.3) is 0 Å². The predicted molar refractivity (Wildman–Crippen MR) is 90.5 cm³/mol. The third kappa shape index (κ3) is 4.57. The molecule has 4 nitrogen and oxygen atoms in total. The summed E-state index contributed by atoms with van der Waals surface area (Å²) in [4.78, 5) is 13.5. The second-order valence-corrected chi connectivity index (χ2v) is 5.68. The van der Waals surface area contributed by atoms with E-state index in [-0.39, 0.29) is 5.91 Å². The minimum Gasteiger partial charge on any atom is -0.489 e. The smallest absolute Gasteiger partial charge is 0.253 e. The average molecular weight is 313 g/mol. The fourth-order valence-electron chi connectivity index (χ4n) is 2.24. The van der Waals surface area contributed by atoms with Gasteiger partial charge in [0.2, 0.25) is 0 Å². The van der Waals surface area contributed by atoms with E-state index in [2.05, 4.69) is 0 Å². The highest BCUT2D eigenvalue weighted by atomic mass is 16.5. The molecular formula is C19H23NO3. The van der Waals surface area contributed by atoms with Gasteiger partial charge in [0, 0.05) is 19.7 Å². The Bertz CT molecular complexity index is 650. The Morgan fingerprint density at radius 1 is 1.17 bits per heavy atom. The third-order valence-corrected chi connectivity index (χ3v) is 3.64. The Balaban J connectivity index is 2.01. The number of carbonyl (C=O) groups is 1. The van der Waals surface area contributed by atoms with Gasteiger partial charge in [-0.3, -0.25) is 4.79 Å². The number of benzene rings is 2. The number of hydrogen-bond acceptors (Lipinski definition) is 3. The molecule has 122 valence electrons. The lowest BCUT2D eigenvalue weighted by Crippen LogP contribution is -2.21. The molecule has 23 heavy (non-hydrogen) atoms. The molecule has 0 aliphatic rings. The van der Waals surface area contributed by atoms with Crippen LogP contribution >= 0.6 is 0 Å². The van der Waals surface area contributed by atoms with Crippen LogP contribution in [0.4, 0.5) is 0 Å². The largest absolute Gasteiger partial charge is 0.489 e. The maximum Gasteiger partial charge on any atom is 0.253 e. The topological polar surface area (TPSA) is 49.8 Å². The predicted octanol–water partition coefficient (Wildman–Crippen LogP) is 3.41. The first-order chi connectivity index (χ1) is 11.0. The lowest BCUT2D eigenvalue weighted by atomic mass is 10.1. The molecular weight excluding hydrogens is 290 g/mol. The van der Waals surface area contributed by atoms with Crippen LogP contribution in [0, 0.1) is 0 Å². The molecule has 1 atom stereocenters. The Morgan fingerprint density at radius 2 is 1.87 bits per heavy atom. The molecule has 0 saturated heterocycles. The molecule has 1 N–H and O–H groups in total. The second kappa shape index (κ2) is 7.79. The highest BCUT2D eigenvalue weighted by molar-refractivity contribution is 5.94. The van der Waals surface area contributed by atoms with E-state index in [4.69, 9.17) is 4.74 Å². The van der Waals surface area contributed by atoms with Gasteiger partial charge in [-0.2, -0.15) is 0 Å². The Kier molecular flexibility index (Phi) is 5.77. The van der Waals surface area contributed by atoms with E-state index in [1.54, 1.807) is 25.1 Å². The van der Waals surface area contributed by atoms with Gasteiger partial charge in [-0.1, -0.05) is 31.2 Å². The van der Waals surface area contributed by atoms with Crippen molar-refractivity contribution in [1.29, 1.82) is 0 Å². The van der Waals surface area contributed by atoms with Crippen LogP contribution in [0.3, 0.4) is 0 Å². The van der Waals surface area contributed by atoms with Crippen LogP contribution in [0.1, 0.15) is 40.9 Å². The second-order valence-electron chi connectivity index (χ2n) is 5.68. The molecule has 0 aliphatic heterocycles. The monoisotopic (exact) mass is 313 g/mol. The SMILES string of the molecule is CCC(O)c1ccc(OCc2cccc(C(=O)N(C)C)c2)cc1. The molecule has 2 aromatic carbocycles. The molecule has 1 unspecified atom stereocenters. The van der Waals surface area contributed by atoms with Crippen LogP contribution in [-0.4, -0.2) is 30.0 Å². The summed E-state index contributed by atoms with van der Waals surface area (Å²) in [5, 5.41) is 9.78. The van der Waals surface area contributed by atoms with Crippen molar-refractivity contribution in [3.8, 4) is 5.75 Å². The zero-order chi connectivity index (χ0) is 16.8. The van der Waals surface area contributed by atoms with E-state index in [9.17, 15) is 9.90 Å². The van der Waals surface area contributed by atoms with Crippen LogP contribution in [-0.2, 0) is 6.61 Å². The molecule has 0 spiro atoms. The van der Waals surface area contributed by atoms with Gasteiger partial charge < -0.3 is 14.7 Å². The van der Waals surface area contributed by atoms with Crippen molar-refractivity contribution in [2.45, 2.75) is 26.1 Å². The first-order valence-corrected chi connectivity index (χ1v) is 7.72. The number of aliphatic hydroxyl groups is 1. The zero-order valence-corrected chi connectivity index (χ0v) is 13.8. The first kappa shape index (κ1) is 17.0. The van der Waals surface area contributed by atoms with Crippen LogP contribution in [0.5, 0.6) is 5.75 Å². The normalized spacial score (nSPS) is 11.8. The van der Waals surface area contributed by atoms with Gasteiger partial charge in [0.05, 0.1) is 6.10 Å². The fourth-order valence-corrected chi connectivity index (χ4v) is 2.24. The van der Waals surface area contributed by atoms with Crippen molar-refractivity contribution in [1.82, 2.24) is 4.90 Å². The van der Waals surface area contributed by atoms with Gasteiger partial charge in [-0.15, -0.1) is 0 Å². The number of carbonyl (C=O) groups excluding carboxylic acids is 1. The fraction of sp³-hybridized carbons (Fsp3) is 0.316. The quantitative estimate of drug-likeness (QED) is 0.889. The lowest BCUT2D eigenvalue weighted by molar-refractivity contribution is 0.0827. The zero-order valence-electron chi connectivity index (χ0n) is 13.8. The van der Waals surface area contributed by atoms with Gasteiger partial charge in [-0.05, 0) is 41.8 Å². The van der Waals surface area contributed by atoms with Crippen molar-refractivity contribution in [3.05, 3.63) is 65.2 Å². The molecule has 0 saturated carbocycles. The summed E-state index contributed by atoms with van der Waals surface area (Å²) < 4.78 is 5.75. The molecule has 0 aromatic heterocycles. The van der Waals surface area contributed by atoms with Crippen molar-refractivity contribution in [2.75, 3.05) is 14.1 Å². The van der Waals surface area contributed by atoms with Gasteiger partial charge in [0.25, 0.3) is 5.91 Å². The molecule has 0 radical (unpaired) electrons. The Labute approximate surface area is 137 Å². The molecule has 1 amide bonds. The van der Waals surface area contributed by atoms with Crippen LogP contribution in [0.15, 0.2) is 48.5 Å². The van der Waals surface area contributed by atoms with E-state index >= 15 is 0 Å². The number of nitrogens with zero attached hydrogens (tertiary/aromatic N) is 1.